The third-order valence-corrected chi connectivity index (χ3v) is 3.00. The first-order valence-electron chi connectivity index (χ1n) is 4.77. The minimum atomic E-state index is -0.0527. The second-order valence-electron chi connectivity index (χ2n) is 3.74. The van der Waals surface area contributed by atoms with Gasteiger partial charge in [-0.1, -0.05) is 12.0 Å². The van der Waals surface area contributed by atoms with Crippen LogP contribution in [0.2, 0.25) is 0 Å². The Labute approximate surface area is 68.1 Å². The van der Waals surface area contributed by atoms with Gasteiger partial charge in [-0.3, -0.25) is 0 Å². The minimum absolute atomic E-state index is 0.0527. The molecule has 1 atom stereocenters. The summed E-state index contributed by atoms with van der Waals surface area (Å²) in [5, 5.41) is 9.40. The van der Waals surface area contributed by atoms with Gasteiger partial charge in [0.05, 0.1) is 6.10 Å². The zero-order valence-corrected chi connectivity index (χ0v) is 6.97. The largest absolute Gasteiger partial charge is 0.389 e. The Kier molecular flexibility index (Phi) is 1.99. The van der Waals surface area contributed by atoms with E-state index in [-0.39, 0.29) is 6.10 Å². The molecule has 1 nitrogen and oxygen atoms in total. The highest BCUT2D eigenvalue weighted by Gasteiger charge is 2.25. The van der Waals surface area contributed by atoms with E-state index in [9.17, 15) is 5.11 Å². The lowest BCUT2D eigenvalue weighted by Gasteiger charge is -2.30. The SMILES string of the molecule is OC1CCC1=C1CCCCC1. The van der Waals surface area contributed by atoms with Gasteiger partial charge in [-0.05, 0) is 44.1 Å². The number of hydrogen-bond acceptors (Lipinski definition) is 1. The summed E-state index contributed by atoms with van der Waals surface area (Å²) >= 11 is 0. The van der Waals surface area contributed by atoms with Crippen molar-refractivity contribution in [3.63, 3.8) is 0 Å². The molecule has 0 aromatic heterocycles. The fourth-order valence-corrected chi connectivity index (χ4v) is 2.13. The van der Waals surface area contributed by atoms with Crippen molar-refractivity contribution in [2.45, 2.75) is 51.0 Å². The first-order valence-corrected chi connectivity index (χ1v) is 4.77. The minimum Gasteiger partial charge on any atom is -0.389 e. The fraction of sp³-hybridized carbons (Fsp3) is 0.800. The molecule has 1 N–H and O–H groups in total. The molecule has 0 bridgehead atoms. The number of aliphatic hydroxyl groups excluding tert-OH is 1. The molecule has 0 amide bonds. The first-order chi connectivity index (χ1) is 5.38. The Morgan fingerprint density at radius 1 is 1.00 bits per heavy atom. The van der Waals surface area contributed by atoms with Crippen molar-refractivity contribution < 1.29 is 5.11 Å². The van der Waals surface area contributed by atoms with E-state index >= 15 is 0 Å². The second-order valence-corrected chi connectivity index (χ2v) is 3.74. The summed E-state index contributed by atoms with van der Waals surface area (Å²) in [7, 11) is 0. The predicted octanol–water partition coefficient (Wildman–Crippen LogP) is 2.40. The zero-order chi connectivity index (χ0) is 7.68. The number of allylic oxidation sites excluding steroid dienone is 1. The number of aliphatic hydroxyl groups is 1. The monoisotopic (exact) mass is 152 g/mol. The van der Waals surface area contributed by atoms with Crippen LogP contribution in [-0.4, -0.2) is 11.2 Å². The van der Waals surface area contributed by atoms with Gasteiger partial charge in [0.2, 0.25) is 0 Å². The third-order valence-electron chi connectivity index (χ3n) is 3.00. The molecule has 0 heterocycles. The van der Waals surface area contributed by atoms with Gasteiger partial charge in [0.1, 0.15) is 0 Å². The van der Waals surface area contributed by atoms with E-state index in [0.29, 0.717) is 0 Å². The highest BCUT2D eigenvalue weighted by Crippen LogP contribution is 2.35. The Morgan fingerprint density at radius 3 is 2.18 bits per heavy atom. The van der Waals surface area contributed by atoms with E-state index < -0.39 is 0 Å². The van der Waals surface area contributed by atoms with Gasteiger partial charge in [0.15, 0.2) is 0 Å². The van der Waals surface area contributed by atoms with Crippen molar-refractivity contribution in [1.82, 2.24) is 0 Å². The van der Waals surface area contributed by atoms with Gasteiger partial charge in [-0.15, -0.1) is 0 Å². The Hall–Kier alpha value is -0.300. The molecular weight excluding hydrogens is 136 g/mol. The molecule has 2 aliphatic carbocycles. The lowest BCUT2D eigenvalue weighted by molar-refractivity contribution is 0.153. The molecule has 0 aromatic rings. The molecule has 0 saturated heterocycles. The van der Waals surface area contributed by atoms with Crippen LogP contribution in [0.3, 0.4) is 0 Å². The fourth-order valence-electron chi connectivity index (χ4n) is 2.13. The van der Waals surface area contributed by atoms with Gasteiger partial charge < -0.3 is 5.11 Å². The molecular formula is C10H16O. The molecule has 62 valence electrons. The van der Waals surface area contributed by atoms with Gasteiger partial charge in [-0.2, -0.15) is 0 Å². The van der Waals surface area contributed by atoms with E-state index in [0.717, 1.165) is 6.42 Å². The molecule has 0 aliphatic heterocycles. The molecule has 1 heteroatoms. The van der Waals surface area contributed by atoms with E-state index in [4.69, 9.17) is 0 Å². The average molecular weight is 152 g/mol. The van der Waals surface area contributed by atoms with Crippen molar-refractivity contribution in [2.75, 3.05) is 0 Å². The highest BCUT2D eigenvalue weighted by atomic mass is 16.3. The van der Waals surface area contributed by atoms with Crippen molar-refractivity contribution in [1.29, 1.82) is 0 Å². The van der Waals surface area contributed by atoms with Crippen LogP contribution < -0.4 is 0 Å². The maximum absolute atomic E-state index is 9.40. The topological polar surface area (TPSA) is 20.2 Å². The standard InChI is InChI=1S/C10H16O/c11-10-7-6-9(10)8-4-2-1-3-5-8/h10-11H,1-7H2. The lowest BCUT2D eigenvalue weighted by Crippen LogP contribution is -2.23. The predicted molar refractivity (Wildman–Crippen MR) is 45.4 cm³/mol. The Morgan fingerprint density at radius 2 is 1.73 bits per heavy atom. The summed E-state index contributed by atoms with van der Waals surface area (Å²) in [5.41, 5.74) is 2.99. The van der Waals surface area contributed by atoms with Crippen molar-refractivity contribution in [3.8, 4) is 0 Å². The van der Waals surface area contributed by atoms with Crippen LogP contribution in [0.5, 0.6) is 0 Å². The molecule has 11 heavy (non-hydrogen) atoms. The van der Waals surface area contributed by atoms with Crippen LogP contribution in [0.4, 0.5) is 0 Å². The van der Waals surface area contributed by atoms with Gasteiger partial charge in [0, 0.05) is 0 Å². The average Bonchev–Trinajstić information content (AvgIpc) is 2.04. The van der Waals surface area contributed by atoms with Crippen LogP contribution in [0, 0.1) is 0 Å². The lowest BCUT2D eigenvalue weighted by atomic mass is 9.80. The Balaban J connectivity index is 2.05. The highest BCUT2D eigenvalue weighted by molar-refractivity contribution is 5.25. The van der Waals surface area contributed by atoms with Gasteiger partial charge in [0.25, 0.3) is 0 Å². The summed E-state index contributed by atoms with van der Waals surface area (Å²) in [5.74, 6) is 0. The quantitative estimate of drug-likeness (QED) is 0.528. The van der Waals surface area contributed by atoms with E-state index in [1.807, 2.05) is 0 Å². The van der Waals surface area contributed by atoms with Gasteiger partial charge >= 0.3 is 0 Å². The molecule has 2 fully saturated rings. The van der Waals surface area contributed by atoms with Crippen molar-refractivity contribution in [3.05, 3.63) is 11.1 Å². The molecule has 2 rings (SSSR count). The van der Waals surface area contributed by atoms with Crippen LogP contribution in [-0.2, 0) is 0 Å². The summed E-state index contributed by atoms with van der Waals surface area (Å²) in [6.45, 7) is 0. The number of rotatable bonds is 0. The second kappa shape index (κ2) is 2.98. The van der Waals surface area contributed by atoms with Crippen LogP contribution >= 0.6 is 0 Å². The summed E-state index contributed by atoms with van der Waals surface area (Å²) in [4.78, 5) is 0. The molecule has 0 radical (unpaired) electrons. The van der Waals surface area contributed by atoms with E-state index in [1.54, 1.807) is 5.57 Å². The molecule has 2 saturated carbocycles. The van der Waals surface area contributed by atoms with Crippen molar-refractivity contribution in [2.24, 2.45) is 0 Å². The molecule has 1 unspecified atom stereocenters. The maximum Gasteiger partial charge on any atom is 0.0755 e. The smallest absolute Gasteiger partial charge is 0.0755 e. The summed E-state index contributed by atoms with van der Waals surface area (Å²) in [6.07, 6.45) is 8.78. The summed E-state index contributed by atoms with van der Waals surface area (Å²) in [6, 6.07) is 0. The van der Waals surface area contributed by atoms with Crippen LogP contribution in [0.1, 0.15) is 44.9 Å². The molecule has 0 aromatic carbocycles. The first kappa shape index (κ1) is 7.35. The Bertz CT molecular complexity index is 173. The van der Waals surface area contributed by atoms with Crippen LogP contribution in [0.15, 0.2) is 11.1 Å². The maximum atomic E-state index is 9.40. The number of hydrogen-bond donors (Lipinski definition) is 1. The molecule has 2 aliphatic rings. The van der Waals surface area contributed by atoms with Crippen LogP contribution in [0.25, 0.3) is 0 Å². The van der Waals surface area contributed by atoms with Gasteiger partial charge in [-0.25, -0.2) is 0 Å². The van der Waals surface area contributed by atoms with Crippen molar-refractivity contribution >= 4 is 0 Å². The van der Waals surface area contributed by atoms with E-state index in [2.05, 4.69) is 0 Å². The zero-order valence-electron chi connectivity index (χ0n) is 6.97. The summed E-state index contributed by atoms with van der Waals surface area (Å²) < 4.78 is 0. The molecule has 0 spiro atoms. The normalized spacial score (nSPS) is 31.9. The van der Waals surface area contributed by atoms with E-state index in [1.165, 1.54) is 44.1 Å². The third kappa shape index (κ3) is 1.34.